The molecule has 7 nitrogen and oxygen atoms in total. The van der Waals surface area contributed by atoms with Gasteiger partial charge in [-0.05, 0) is 60.9 Å². The third-order valence-electron chi connectivity index (χ3n) is 6.14. The van der Waals surface area contributed by atoms with E-state index >= 15 is 0 Å². The smallest absolute Gasteiger partial charge is 0.245 e. The fraction of sp³-hybridized carbons (Fsp3) is 0.417. The molecule has 4 rings (SSSR count). The number of nitrogens with zero attached hydrogens (tertiary/aromatic N) is 5. The monoisotopic (exact) mass is 418 g/mol. The minimum Gasteiger partial charge on any atom is -0.383 e. The highest BCUT2D eigenvalue weighted by Gasteiger charge is 2.25. The molecule has 0 spiro atoms. The van der Waals surface area contributed by atoms with Gasteiger partial charge in [-0.2, -0.15) is 5.10 Å². The van der Waals surface area contributed by atoms with E-state index in [2.05, 4.69) is 48.6 Å². The second-order valence-corrected chi connectivity index (χ2v) is 8.23. The summed E-state index contributed by atoms with van der Waals surface area (Å²) in [5.41, 5.74) is 11.5. The fourth-order valence-electron chi connectivity index (χ4n) is 4.46. The van der Waals surface area contributed by atoms with Crippen molar-refractivity contribution in [1.29, 1.82) is 0 Å². The largest absolute Gasteiger partial charge is 0.383 e. The molecule has 1 atom stereocenters. The Labute approximate surface area is 183 Å². The van der Waals surface area contributed by atoms with Crippen molar-refractivity contribution in [2.45, 2.75) is 46.1 Å². The van der Waals surface area contributed by atoms with Crippen molar-refractivity contribution >= 4 is 22.8 Å². The SMILES string of the molecule is C=CC(=O)N1CCCC(Cn2nc(-c3cc(CC)cc(CC)c3)c3c(N)ncnc32)C1. The summed E-state index contributed by atoms with van der Waals surface area (Å²) in [6.07, 6.45) is 6.83. The van der Waals surface area contributed by atoms with E-state index in [1.54, 1.807) is 0 Å². The molecular weight excluding hydrogens is 388 g/mol. The molecule has 0 bridgehead atoms. The molecule has 0 saturated carbocycles. The van der Waals surface area contributed by atoms with E-state index in [4.69, 9.17) is 10.8 Å². The van der Waals surface area contributed by atoms with Gasteiger partial charge in [0.05, 0.1) is 5.39 Å². The predicted octanol–water partition coefficient (Wildman–Crippen LogP) is 3.62. The van der Waals surface area contributed by atoms with E-state index in [1.807, 2.05) is 9.58 Å². The maximum atomic E-state index is 12.1. The molecule has 3 heterocycles. The zero-order valence-electron chi connectivity index (χ0n) is 18.3. The van der Waals surface area contributed by atoms with E-state index in [-0.39, 0.29) is 5.91 Å². The molecule has 1 aromatic carbocycles. The molecule has 1 saturated heterocycles. The average molecular weight is 419 g/mol. The van der Waals surface area contributed by atoms with Crippen LogP contribution < -0.4 is 5.73 Å². The summed E-state index contributed by atoms with van der Waals surface area (Å²) in [6.45, 7) is 10.1. The number of aromatic nitrogens is 4. The van der Waals surface area contributed by atoms with Gasteiger partial charge >= 0.3 is 0 Å². The van der Waals surface area contributed by atoms with Gasteiger partial charge in [-0.1, -0.05) is 26.5 Å². The standard InChI is InChI=1S/C24H30N6O/c1-4-16-10-17(5-2)12-19(11-16)22-21-23(25)26-15-27-24(21)30(28-22)14-18-8-7-9-29(13-18)20(31)6-3/h6,10-12,15,18H,3-5,7-9,13-14H2,1-2H3,(H2,25,26,27). The van der Waals surface area contributed by atoms with Crippen LogP contribution in [0.4, 0.5) is 5.82 Å². The first-order valence-electron chi connectivity index (χ1n) is 11.1. The second-order valence-electron chi connectivity index (χ2n) is 8.23. The van der Waals surface area contributed by atoms with Crippen molar-refractivity contribution in [2.24, 2.45) is 5.92 Å². The molecule has 2 aromatic heterocycles. The molecule has 1 amide bonds. The number of amides is 1. The number of hydrogen-bond donors (Lipinski definition) is 1. The number of rotatable bonds is 6. The zero-order valence-corrected chi connectivity index (χ0v) is 18.3. The van der Waals surface area contributed by atoms with Gasteiger partial charge in [0.2, 0.25) is 5.91 Å². The lowest BCUT2D eigenvalue weighted by Gasteiger charge is -2.32. The van der Waals surface area contributed by atoms with Gasteiger partial charge in [-0.3, -0.25) is 4.79 Å². The molecule has 162 valence electrons. The molecule has 0 radical (unpaired) electrons. The molecule has 0 aliphatic carbocycles. The van der Waals surface area contributed by atoms with Crippen LogP contribution in [0.1, 0.15) is 37.8 Å². The van der Waals surface area contributed by atoms with Gasteiger partial charge in [-0.15, -0.1) is 0 Å². The molecule has 1 unspecified atom stereocenters. The number of aryl methyl sites for hydroxylation is 2. The van der Waals surface area contributed by atoms with Crippen molar-refractivity contribution in [2.75, 3.05) is 18.8 Å². The van der Waals surface area contributed by atoms with E-state index in [9.17, 15) is 4.79 Å². The number of nitrogens with two attached hydrogens (primary N) is 1. The van der Waals surface area contributed by atoms with Gasteiger partial charge in [0, 0.05) is 25.2 Å². The summed E-state index contributed by atoms with van der Waals surface area (Å²) in [5, 5.41) is 5.76. The van der Waals surface area contributed by atoms with E-state index in [0.29, 0.717) is 24.8 Å². The number of anilines is 1. The third-order valence-corrected chi connectivity index (χ3v) is 6.14. The van der Waals surface area contributed by atoms with Gasteiger partial charge in [0.1, 0.15) is 17.8 Å². The summed E-state index contributed by atoms with van der Waals surface area (Å²) in [7, 11) is 0. The number of nitrogen functional groups attached to an aromatic ring is 1. The minimum absolute atomic E-state index is 0.00856. The fourth-order valence-corrected chi connectivity index (χ4v) is 4.46. The van der Waals surface area contributed by atoms with Crippen molar-refractivity contribution in [1.82, 2.24) is 24.6 Å². The average Bonchev–Trinajstić information content (AvgIpc) is 3.18. The Hall–Kier alpha value is -3.22. The number of carbonyl (C=O) groups is 1. The Bertz CT molecular complexity index is 1100. The van der Waals surface area contributed by atoms with Crippen LogP contribution in [0, 0.1) is 5.92 Å². The minimum atomic E-state index is -0.00856. The number of likely N-dealkylation sites (tertiary alicyclic amines) is 1. The normalized spacial score (nSPS) is 16.6. The molecule has 1 aliphatic rings. The van der Waals surface area contributed by atoms with E-state index in [1.165, 1.54) is 23.5 Å². The van der Waals surface area contributed by atoms with Crippen molar-refractivity contribution < 1.29 is 4.79 Å². The highest BCUT2D eigenvalue weighted by molar-refractivity contribution is 5.98. The van der Waals surface area contributed by atoms with Crippen LogP contribution >= 0.6 is 0 Å². The summed E-state index contributed by atoms with van der Waals surface area (Å²) in [5.74, 6) is 0.738. The van der Waals surface area contributed by atoms with Crippen LogP contribution in [-0.2, 0) is 24.2 Å². The molecule has 7 heteroatoms. The Balaban J connectivity index is 1.74. The van der Waals surface area contributed by atoms with Crippen LogP contribution in [0.5, 0.6) is 0 Å². The first-order chi connectivity index (χ1) is 15.0. The molecule has 2 N–H and O–H groups in total. The third kappa shape index (κ3) is 4.17. The molecule has 1 fully saturated rings. The lowest BCUT2D eigenvalue weighted by molar-refractivity contribution is -0.127. The van der Waals surface area contributed by atoms with E-state index in [0.717, 1.165) is 54.5 Å². The zero-order chi connectivity index (χ0) is 22.0. The van der Waals surface area contributed by atoms with Gasteiger partial charge in [0.25, 0.3) is 0 Å². The summed E-state index contributed by atoms with van der Waals surface area (Å²) < 4.78 is 1.94. The van der Waals surface area contributed by atoms with Crippen molar-refractivity contribution in [3.63, 3.8) is 0 Å². The Morgan fingerprint density at radius 2 is 1.97 bits per heavy atom. The van der Waals surface area contributed by atoms with Crippen LogP contribution in [0.2, 0.25) is 0 Å². The number of piperidine rings is 1. The Morgan fingerprint density at radius 1 is 1.23 bits per heavy atom. The van der Waals surface area contributed by atoms with Crippen LogP contribution in [0.25, 0.3) is 22.3 Å². The molecule has 31 heavy (non-hydrogen) atoms. The predicted molar refractivity (Wildman–Crippen MR) is 123 cm³/mol. The first kappa shape index (κ1) is 21.0. The maximum absolute atomic E-state index is 12.1. The highest BCUT2D eigenvalue weighted by Crippen LogP contribution is 2.32. The quantitative estimate of drug-likeness (QED) is 0.618. The number of benzene rings is 1. The topological polar surface area (TPSA) is 89.9 Å². The number of carbonyl (C=O) groups excluding carboxylic acids is 1. The Kier molecular flexibility index (Phi) is 6.02. The number of hydrogen-bond acceptors (Lipinski definition) is 5. The second kappa shape index (κ2) is 8.88. The summed E-state index contributed by atoms with van der Waals surface area (Å²) in [4.78, 5) is 22.7. The van der Waals surface area contributed by atoms with E-state index < -0.39 is 0 Å². The lowest BCUT2D eigenvalue weighted by Crippen LogP contribution is -2.40. The summed E-state index contributed by atoms with van der Waals surface area (Å²) in [6, 6.07) is 6.61. The lowest BCUT2D eigenvalue weighted by atomic mass is 9.98. The van der Waals surface area contributed by atoms with Gasteiger partial charge in [-0.25, -0.2) is 14.6 Å². The van der Waals surface area contributed by atoms with Gasteiger partial charge < -0.3 is 10.6 Å². The Morgan fingerprint density at radius 3 is 2.65 bits per heavy atom. The number of fused-ring (bicyclic) bond motifs is 1. The van der Waals surface area contributed by atoms with Crippen molar-refractivity contribution in [3.8, 4) is 11.3 Å². The molecule has 3 aromatic rings. The highest BCUT2D eigenvalue weighted by atomic mass is 16.2. The van der Waals surface area contributed by atoms with Gasteiger partial charge in [0.15, 0.2) is 5.65 Å². The molecular formula is C24H30N6O. The van der Waals surface area contributed by atoms with Crippen molar-refractivity contribution in [3.05, 3.63) is 48.3 Å². The molecule has 1 aliphatic heterocycles. The maximum Gasteiger partial charge on any atom is 0.245 e. The van der Waals surface area contributed by atoms with Crippen LogP contribution in [0.3, 0.4) is 0 Å². The first-order valence-corrected chi connectivity index (χ1v) is 11.1. The van der Waals surface area contributed by atoms with Crippen LogP contribution in [0.15, 0.2) is 37.2 Å². The van der Waals surface area contributed by atoms with Crippen LogP contribution in [-0.4, -0.2) is 43.6 Å². The summed E-state index contributed by atoms with van der Waals surface area (Å²) >= 11 is 0.